The van der Waals surface area contributed by atoms with Crippen LogP contribution in [0.4, 0.5) is 0 Å². The predicted molar refractivity (Wildman–Crippen MR) is 411 cm³/mol. The third kappa shape index (κ3) is 8.51. The molecule has 24 nitrogen and oxygen atoms in total. The highest BCUT2D eigenvalue weighted by Crippen LogP contribution is 2.41. The van der Waals surface area contributed by atoms with Crippen LogP contribution < -0.4 is 22.8 Å². The van der Waals surface area contributed by atoms with Crippen LogP contribution in [0.2, 0.25) is 0 Å². The number of thiophene rings is 1. The number of hydrogen-bond donors (Lipinski definition) is 0. The van der Waals surface area contributed by atoms with Gasteiger partial charge in [0.1, 0.15) is 57.4 Å². The first kappa shape index (κ1) is 53.0. The molecule has 0 spiro atoms. The van der Waals surface area contributed by atoms with E-state index < -0.39 is 20.9 Å². The van der Waals surface area contributed by atoms with Crippen LogP contribution >= 0.6 is 11.3 Å². The topological polar surface area (TPSA) is 201 Å². The Balaban J connectivity index is 0.0000000889. The molecule has 5 aliphatic rings. The van der Waals surface area contributed by atoms with Crippen molar-refractivity contribution in [3.63, 3.8) is 0 Å². The van der Waals surface area contributed by atoms with E-state index in [2.05, 4.69) is 163 Å². The van der Waals surface area contributed by atoms with Crippen molar-refractivity contribution in [2.45, 2.75) is 32.7 Å². The molecule has 21 aromatic rings. The van der Waals surface area contributed by atoms with E-state index in [1.165, 1.54) is 91.1 Å². The highest BCUT2D eigenvalue weighted by molar-refractivity contribution is 7.25. The van der Waals surface area contributed by atoms with Crippen LogP contribution in [0.15, 0.2) is 219 Å². The second-order valence-corrected chi connectivity index (χ2v) is 28.5. The quantitative estimate of drug-likeness (QED) is 0.142. The number of aromatic nitrogens is 23. The zero-order valence-corrected chi connectivity index (χ0v) is 59.2. The van der Waals surface area contributed by atoms with Crippen molar-refractivity contribution in [3.8, 4) is 62.6 Å². The summed E-state index contributed by atoms with van der Waals surface area (Å²) in [5.41, 5.74) is 27.3. The Bertz CT molecular complexity index is 7630. The van der Waals surface area contributed by atoms with E-state index in [4.69, 9.17) is 21.7 Å². The van der Waals surface area contributed by atoms with Gasteiger partial charge in [-0.25, -0.2) is 51.9 Å². The van der Waals surface area contributed by atoms with Crippen LogP contribution in [0.1, 0.15) is 40.2 Å². The Labute approximate surface area is 630 Å². The standard InChI is InChI=1S/C21H16N5.2C16H14N5.C15H11N4O.C15H11N4S/c1-24-19-18-17(8-5-10-23-18)26(15-6-3-2-4-7-15)21(19)25-13-14-12-22-11-9-16(14)20(24)25;2*1-19-12-4-3-6-18-13(12)14-16(19)21-9-10-8-17-7-5-11(10)15(21)20(14)2;2*1-18-13-12-11(3-2-5-17-12)20-15(13)19-8-9-7-16-6-4-10(9)14(18)19/h2-12H,13H2,1H3;2*3-8H,9H2,1-2H3;2*2-7H,8H2,1H3/q5*+1/i;1D3,2D3;2D3;;. The van der Waals surface area contributed by atoms with Gasteiger partial charge in [-0.15, -0.1) is 0 Å². The summed E-state index contributed by atoms with van der Waals surface area (Å²) in [4.78, 5) is 44.9. The Kier molecular flexibility index (Phi) is 11.3. The minimum absolute atomic E-state index is 0.305. The number of imidazole rings is 5. The lowest BCUT2D eigenvalue weighted by atomic mass is 10.2. The zero-order valence-electron chi connectivity index (χ0n) is 67.3. The zero-order chi connectivity index (χ0) is 79.6. The first-order chi connectivity index (χ1) is 56.7. The lowest BCUT2D eigenvalue weighted by Crippen LogP contribution is -2.33. The van der Waals surface area contributed by atoms with Crippen LogP contribution in [-0.2, 0) is 81.8 Å². The van der Waals surface area contributed by atoms with Gasteiger partial charge in [-0.2, -0.15) is 4.57 Å². The Morgan fingerprint density at radius 1 is 0.343 bits per heavy atom. The molecule has 0 N–H and O–H groups in total. The molecule has 108 heavy (non-hydrogen) atoms. The first-order valence-corrected chi connectivity index (χ1v) is 36.0. The van der Waals surface area contributed by atoms with Crippen LogP contribution in [-0.4, -0.2) is 86.4 Å². The number of para-hydroxylation sites is 1. The van der Waals surface area contributed by atoms with Gasteiger partial charge in [0.25, 0.3) is 28.6 Å². The average molecular weight is 1440 g/mol. The van der Waals surface area contributed by atoms with Crippen molar-refractivity contribution in [3.05, 3.63) is 242 Å². The van der Waals surface area contributed by atoms with Crippen LogP contribution in [0.5, 0.6) is 0 Å². The first-order valence-electron chi connectivity index (χ1n) is 39.6. The number of hydrogen-bond acceptors (Lipinski definition) is 12. The van der Waals surface area contributed by atoms with E-state index in [0.29, 0.717) is 58.0 Å². The number of pyridine rings is 10. The molecule has 0 saturated heterocycles. The molecular formula is C83H66N23OS+5. The van der Waals surface area contributed by atoms with Gasteiger partial charge < -0.3 is 4.42 Å². The Hall–Kier alpha value is -13.8. The molecule has 0 radical (unpaired) electrons. The van der Waals surface area contributed by atoms with Crippen molar-refractivity contribution >= 4 is 121 Å². The molecule has 26 rings (SSSR count). The van der Waals surface area contributed by atoms with Gasteiger partial charge in [0, 0.05) is 121 Å². The number of aryl methyl sites for hydroxylation is 7. The maximum Gasteiger partial charge on any atom is 0.341 e. The summed E-state index contributed by atoms with van der Waals surface area (Å²) in [6, 6.07) is 39.7. The van der Waals surface area contributed by atoms with Crippen molar-refractivity contribution < 1.29 is 39.6 Å². The smallest absolute Gasteiger partial charge is 0.341 e. The predicted octanol–water partition coefficient (Wildman–Crippen LogP) is 11.3. The number of nitrogens with zero attached hydrogens (tertiary/aromatic N) is 23. The van der Waals surface area contributed by atoms with E-state index >= 15 is 0 Å². The third-order valence-corrected chi connectivity index (χ3v) is 23.0. The molecule has 520 valence electrons. The van der Waals surface area contributed by atoms with Crippen molar-refractivity contribution in [1.82, 2.24) is 86.4 Å². The SMILES string of the molecule is Cn1c2[n+](c3c1c1ncccc1n3-c1ccccc1)Cc1cnccc1-2.Cn1c2[n+](c3oc4cccnc4c31)Cc1cnccc1-2.Cn1c2[n+](c3sc4cccnc4c31)Cc1cnccc1-2.[2H]C([2H])([2H])n1c2[n+](c3c1c1ncccc1n3C([2H])([2H])[2H])Cc1cnccc1-2.[2H]C([2H])([2H])n1c2[n+](c3c1c1ncccc1n3C)Cc1cnccc1-2. The van der Waals surface area contributed by atoms with Gasteiger partial charge >= 0.3 is 5.71 Å². The number of rotatable bonds is 1. The minimum Gasteiger partial charge on any atom is -0.417 e. The van der Waals surface area contributed by atoms with Gasteiger partial charge in [-0.3, -0.25) is 52.7 Å². The van der Waals surface area contributed by atoms with E-state index in [0.717, 1.165) is 103 Å². The summed E-state index contributed by atoms with van der Waals surface area (Å²) < 4.78 is 106. The fraction of sp³-hybridized carbons (Fsp3) is 0.145. The maximum atomic E-state index is 8.11. The van der Waals surface area contributed by atoms with Crippen LogP contribution in [0, 0.1) is 0 Å². The normalized spacial score (nSPS) is 14.5. The van der Waals surface area contributed by atoms with E-state index in [9.17, 15) is 0 Å². The third-order valence-electron chi connectivity index (χ3n) is 21.8. The van der Waals surface area contributed by atoms with Gasteiger partial charge in [0.05, 0.1) is 114 Å². The monoisotopic (exact) mass is 1440 g/mol. The van der Waals surface area contributed by atoms with Crippen molar-refractivity contribution in [1.29, 1.82) is 0 Å². The number of benzene rings is 1. The highest BCUT2D eigenvalue weighted by Gasteiger charge is 2.41. The summed E-state index contributed by atoms with van der Waals surface area (Å²) in [5.74, 6) is 4.77. The second kappa shape index (κ2) is 23.1. The molecule has 25 heteroatoms. The molecule has 0 unspecified atom stereocenters. The molecule has 1 aromatic carbocycles. The fourth-order valence-corrected chi connectivity index (χ4v) is 18.5. The summed E-state index contributed by atoms with van der Waals surface area (Å²) in [7, 11) is 8.27. The van der Waals surface area contributed by atoms with E-state index in [-0.39, 0.29) is 0 Å². The minimum atomic E-state index is -2.50. The van der Waals surface area contributed by atoms with Gasteiger partial charge in [-0.05, 0) is 103 Å². The van der Waals surface area contributed by atoms with E-state index in [1.807, 2.05) is 115 Å². The summed E-state index contributed by atoms with van der Waals surface area (Å²) in [6.07, 6.45) is 27.0. The molecule has 0 aliphatic carbocycles. The van der Waals surface area contributed by atoms with E-state index in [1.54, 1.807) is 59.9 Å². The number of fused-ring (bicyclic) bond motifs is 35. The second-order valence-electron chi connectivity index (χ2n) is 27.5. The number of furan rings is 1. The molecular weight excluding hydrogens is 1370 g/mol. The largest absolute Gasteiger partial charge is 0.417 e. The molecule has 25 heterocycles. The molecule has 0 atom stereocenters. The van der Waals surface area contributed by atoms with Gasteiger partial charge in [0.2, 0.25) is 49.9 Å². The summed E-state index contributed by atoms with van der Waals surface area (Å²) >= 11 is 1.82. The summed E-state index contributed by atoms with van der Waals surface area (Å²) in [6.45, 7) is -3.79. The molecule has 0 amide bonds. The Morgan fingerprint density at radius 3 is 1.29 bits per heavy atom. The highest BCUT2D eigenvalue weighted by atomic mass is 32.1. The van der Waals surface area contributed by atoms with Crippen LogP contribution in [0.25, 0.3) is 172 Å². The van der Waals surface area contributed by atoms with Crippen molar-refractivity contribution in [2.24, 2.45) is 49.1 Å². The van der Waals surface area contributed by atoms with Crippen LogP contribution in [0.3, 0.4) is 0 Å². The summed E-state index contributed by atoms with van der Waals surface area (Å²) in [5, 5.41) is 0. The molecule has 20 aromatic heterocycles. The Morgan fingerprint density at radius 2 is 0.741 bits per heavy atom. The molecule has 5 aliphatic heterocycles. The molecule has 0 bridgehead atoms. The van der Waals surface area contributed by atoms with Crippen molar-refractivity contribution in [2.75, 3.05) is 0 Å². The lowest BCUT2D eigenvalue weighted by molar-refractivity contribution is -0.652. The fourth-order valence-electron chi connectivity index (χ4n) is 17.3. The van der Waals surface area contributed by atoms with Gasteiger partial charge in [-0.1, -0.05) is 29.5 Å². The average Bonchev–Trinajstić information content (AvgIpc) is 1.54. The molecule has 0 saturated carbocycles. The molecule has 0 fully saturated rings. The maximum absolute atomic E-state index is 8.11. The lowest BCUT2D eigenvalue weighted by Gasteiger charge is -2.02. The van der Waals surface area contributed by atoms with Gasteiger partial charge in [0.15, 0.2) is 11.1 Å².